The van der Waals surface area contributed by atoms with Gasteiger partial charge >= 0.3 is 0 Å². The predicted octanol–water partition coefficient (Wildman–Crippen LogP) is 4.27. The van der Waals surface area contributed by atoms with Gasteiger partial charge < -0.3 is 10.2 Å². The van der Waals surface area contributed by atoms with Crippen LogP contribution in [0.5, 0.6) is 0 Å². The van der Waals surface area contributed by atoms with Crippen LogP contribution in [0, 0.1) is 0 Å². The number of anilines is 1. The van der Waals surface area contributed by atoms with Crippen molar-refractivity contribution in [2.75, 3.05) is 11.9 Å². The fraction of sp³-hybridized carbons (Fsp3) is 0.273. The zero-order valence-corrected chi connectivity index (χ0v) is 18.2. The lowest BCUT2D eigenvalue weighted by molar-refractivity contribution is -0.121. The molecule has 2 amide bonds. The minimum absolute atomic E-state index is 0.152. The molecule has 1 atom stereocenters. The summed E-state index contributed by atoms with van der Waals surface area (Å²) in [5.41, 5.74) is 2.11. The van der Waals surface area contributed by atoms with Crippen molar-refractivity contribution in [3.05, 3.63) is 76.3 Å². The van der Waals surface area contributed by atoms with Crippen molar-refractivity contribution >= 4 is 40.7 Å². The number of amides is 2. The zero-order chi connectivity index (χ0) is 21.8. The van der Waals surface area contributed by atoms with Crippen LogP contribution in [-0.2, 0) is 11.3 Å². The summed E-state index contributed by atoms with van der Waals surface area (Å²) < 4.78 is 1.71. The summed E-state index contributed by atoms with van der Waals surface area (Å²) in [6, 6.07) is 11.7. The molecule has 2 heterocycles. The van der Waals surface area contributed by atoms with Crippen molar-refractivity contribution in [1.82, 2.24) is 19.7 Å². The molecule has 0 spiro atoms. The maximum absolute atomic E-state index is 13.2. The summed E-state index contributed by atoms with van der Waals surface area (Å²) in [5.74, 6) is -0.379. The van der Waals surface area contributed by atoms with E-state index in [1.54, 1.807) is 46.2 Å². The molecule has 1 aromatic heterocycles. The highest BCUT2D eigenvalue weighted by Crippen LogP contribution is 2.26. The van der Waals surface area contributed by atoms with Crippen LogP contribution in [0.2, 0.25) is 10.0 Å². The molecule has 0 bridgehead atoms. The molecule has 4 rings (SSSR count). The number of benzene rings is 2. The molecule has 31 heavy (non-hydrogen) atoms. The lowest BCUT2D eigenvalue weighted by Crippen LogP contribution is -2.50. The van der Waals surface area contributed by atoms with Crippen molar-refractivity contribution in [3.8, 4) is 0 Å². The second-order valence-electron chi connectivity index (χ2n) is 7.42. The second kappa shape index (κ2) is 9.49. The van der Waals surface area contributed by atoms with Crippen molar-refractivity contribution < 1.29 is 9.59 Å². The van der Waals surface area contributed by atoms with Gasteiger partial charge in [-0.2, -0.15) is 5.10 Å². The van der Waals surface area contributed by atoms with Gasteiger partial charge in [0.15, 0.2) is 0 Å². The SMILES string of the molecule is O=C(Nc1ccc(Cl)c(Cl)c1)C1CCCCN1C(=O)c1ccc(Cn2cncn2)cc1. The first-order chi connectivity index (χ1) is 15.0. The summed E-state index contributed by atoms with van der Waals surface area (Å²) >= 11 is 12.0. The summed E-state index contributed by atoms with van der Waals surface area (Å²) in [5, 5.41) is 7.73. The summed E-state index contributed by atoms with van der Waals surface area (Å²) in [7, 11) is 0. The van der Waals surface area contributed by atoms with Crippen molar-refractivity contribution in [2.24, 2.45) is 0 Å². The van der Waals surface area contributed by atoms with Crippen LogP contribution in [-0.4, -0.2) is 44.1 Å². The van der Waals surface area contributed by atoms with Gasteiger partial charge in [0.05, 0.1) is 16.6 Å². The predicted molar refractivity (Wildman–Crippen MR) is 119 cm³/mol. The van der Waals surface area contributed by atoms with Gasteiger partial charge in [0, 0.05) is 17.8 Å². The second-order valence-corrected chi connectivity index (χ2v) is 8.23. The summed E-state index contributed by atoms with van der Waals surface area (Å²) in [4.78, 5) is 31.7. The molecule has 0 aliphatic carbocycles. The van der Waals surface area contributed by atoms with E-state index in [0.29, 0.717) is 40.8 Å². The highest BCUT2D eigenvalue weighted by molar-refractivity contribution is 6.42. The molecule has 1 fully saturated rings. The maximum atomic E-state index is 13.2. The molecule has 1 N–H and O–H groups in total. The standard InChI is InChI=1S/C22H21Cl2N5O2/c23-18-9-8-17(11-19(18)24)27-21(30)20-3-1-2-10-29(20)22(31)16-6-4-15(5-7-16)12-28-14-25-13-26-28/h4-9,11,13-14,20H,1-3,10,12H2,(H,27,30). The van der Waals surface area contributed by atoms with Gasteiger partial charge in [-0.05, 0) is 55.2 Å². The van der Waals surface area contributed by atoms with E-state index in [0.717, 1.165) is 18.4 Å². The van der Waals surface area contributed by atoms with Gasteiger partial charge in [-0.15, -0.1) is 0 Å². The van der Waals surface area contributed by atoms with Crippen LogP contribution < -0.4 is 5.32 Å². The van der Waals surface area contributed by atoms with E-state index >= 15 is 0 Å². The third-order valence-corrected chi connectivity index (χ3v) is 6.00. The van der Waals surface area contributed by atoms with E-state index in [1.165, 1.54) is 6.33 Å². The van der Waals surface area contributed by atoms with Crippen LogP contribution in [0.1, 0.15) is 35.2 Å². The van der Waals surface area contributed by atoms with Gasteiger partial charge in [-0.3, -0.25) is 9.59 Å². The quantitative estimate of drug-likeness (QED) is 0.620. The Bertz CT molecular complexity index is 1070. The maximum Gasteiger partial charge on any atom is 0.254 e. The molecule has 1 aliphatic heterocycles. The molecule has 1 saturated heterocycles. The number of likely N-dealkylation sites (tertiary alicyclic amines) is 1. The zero-order valence-electron chi connectivity index (χ0n) is 16.7. The number of nitrogens with zero attached hydrogens (tertiary/aromatic N) is 4. The van der Waals surface area contributed by atoms with Gasteiger partial charge in [-0.1, -0.05) is 35.3 Å². The molecule has 2 aromatic carbocycles. The average molecular weight is 458 g/mol. The van der Waals surface area contributed by atoms with Crippen LogP contribution in [0.4, 0.5) is 5.69 Å². The van der Waals surface area contributed by atoms with Crippen molar-refractivity contribution in [2.45, 2.75) is 31.8 Å². The largest absolute Gasteiger partial charge is 0.327 e. The van der Waals surface area contributed by atoms with Gasteiger partial charge in [0.25, 0.3) is 5.91 Å². The van der Waals surface area contributed by atoms with E-state index in [4.69, 9.17) is 23.2 Å². The fourth-order valence-corrected chi connectivity index (χ4v) is 3.96. The number of rotatable bonds is 5. The number of carbonyl (C=O) groups excluding carboxylic acids is 2. The highest BCUT2D eigenvalue weighted by Gasteiger charge is 2.32. The normalized spacial score (nSPS) is 16.2. The number of aromatic nitrogens is 3. The molecule has 1 aliphatic rings. The van der Waals surface area contributed by atoms with E-state index < -0.39 is 6.04 Å². The van der Waals surface area contributed by atoms with Gasteiger partial charge in [0.1, 0.15) is 18.7 Å². The third kappa shape index (κ3) is 5.06. The number of carbonyl (C=O) groups is 2. The minimum Gasteiger partial charge on any atom is -0.327 e. The number of nitrogens with one attached hydrogen (secondary N) is 1. The van der Waals surface area contributed by atoms with E-state index in [1.807, 2.05) is 12.1 Å². The van der Waals surface area contributed by atoms with Gasteiger partial charge in [0.2, 0.25) is 5.91 Å². The van der Waals surface area contributed by atoms with E-state index in [9.17, 15) is 9.59 Å². The van der Waals surface area contributed by atoms with Crippen molar-refractivity contribution in [3.63, 3.8) is 0 Å². The molecule has 7 nitrogen and oxygen atoms in total. The Hall–Kier alpha value is -2.90. The first kappa shape index (κ1) is 21.3. The Balaban J connectivity index is 1.46. The first-order valence-electron chi connectivity index (χ1n) is 9.99. The van der Waals surface area contributed by atoms with Crippen molar-refractivity contribution in [1.29, 1.82) is 0 Å². The molecule has 3 aromatic rings. The molecular weight excluding hydrogens is 437 g/mol. The minimum atomic E-state index is -0.537. The number of hydrogen-bond donors (Lipinski definition) is 1. The Kier molecular flexibility index (Phi) is 6.53. The lowest BCUT2D eigenvalue weighted by Gasteiger charge is -2.34. The van der Waals surface area contributed by atoms with Crippen LogP contribution in [0.25, 0.3) is 0 Å². The third-order valence-electron chi connectivity index (χ3n) is 5.27. The first-order valence-corrected chi connectivity index (χ1v) is 10.7. The van der Waals surface area contributed by atoms with Crippen LogP contribution in [0.15, 0.2) is 55.1 Å². The molecule has 9 heteroatoms. The van der Waals surface area contributed by atoms with Crippen LogP contribution in [0.3, 0.4) is 0 Å². The highest BCUT2D eigenvalue weighted by atomic mass is 35.5. The molecule has 1 unspecified atom stereocenters. The fourth-order valence-electron chi connectivity index (χ4n) is 3.67. The summed E-state index contributed by atoms with van der Waals surface area (Å²) in [6.07, 6.45) is 5.50. The smallest absolute Gasteiger partial charge is 0.254 e. The Morgan fingerprint density at radius 2 is 1.87 bits per heavy atom. The summed E-state index contributed by atoms with van der Waals surface area (Å²) in [6.45, 7) is 1.12. The van der Waals surface area contributed by atoms with Gasteiger partial charge in [-0.25, -0.2) is 9.67 Å². The number of piperidine rings is 1. The Morgan fingerprint density at radius 3 is 2.58 bits per heavy atom. The Labute approximate surface area is 190 Å². The lowest BCUT2D eigenvalue weighted by atomic mass is 9.99. The number of halogens is 2. The Morgan fingerprint density at radius 1 is 1.06 bits per heavy atom. The monoisotopic (exact) mass is 457 g/mol. The molecule has 0 saturated carbocycles. The van der Waals surface area contributed by atoms with Crippen LogP contribution >= 0.6 is 23.2 Å². The van der Waals surface area contributed by atoms with E-state index in [2.05, 4.69) is 15.4 Å². The molecule has 0 radical (unpaired) electrons. The number of hydrogen-bond acceptors (Lipinski definition) is 4. The molecular formula is C22H21Cl2N5O2. The molecule has 160 valence electrons. The average Bonchev–Trinajstić information content (AvgIpc) is 3.29. The topological polar surface area (TPSA) is 80.1 Å². The van der Waals surface area contributed by atoms with E-state index in [-0.39, 0.29) is 11.8 Å².